The predicted octanol–water partition coefficient (Wildman–Crippen LogP) is 13.8. The Kier molecular flexibility index (Phi) is 9.13. The maximum absolute atomic E-state index is 11.7. The van der Waals surface area contributed by atoms with Crippen molar-refractivity contribution in [1.29, 1.82) is 0 Å². The molecule has 0 amide bonds. The SMILES string of the molecule is [2H]C(C)(C)c1cc(-n2c(-c3cc(C)cc(C)c3O)nc3c(-c4cc(C)cc(-c5cc(-c6ccccc6)ccn5)c4)cccc32)ccc1-c1ccccc1C(C)(C)C. The van der Waals surface area contributed by atoms with Gasteiger partial charge in [0.2, 0.25) is 0 Å². The first-order chi connectivity index (χ1) is 27.2. The van der Waals surface area contributed by atoms with Crippen LogP contribution in [0, 0.1) is 20.8 Å². The number of para-hydroxylation sites is 1. The van der Waals surface area contributed by atoms with Gasteiger partial charge in [-0.2, -0.15) is 0 Å². The van der Waals surface area contributed by atoms with Gasteiger partial charge in [-0.3, -0.25) is 9.55 Å². The molecule has 6 aromatic carbocycles. The van der Waals surface area contributed by atoms with E-state index in [0.717, 1.165) is 83.6 Å². The molecule has 4 nitrogen and oxygen atoms in total. The number of phenolic OH excluding ortho intramolecular Hbond substituents is 1. The zero-order valence-electron chi connectivity index (χ0n) is 34.6. The van der Waals surface area contributed by atoms with E-state index in [4.69, 9.17) is 9.97 Å². The van der Waals surface area contributed by atoms with Crippen LogP contribution in [0.3, 0.4) is 0 Å². The summed E-state index contributed by atoms with van der Waals surface area (Å²) in [5.74, 6) is -0.0645. The summed E-state index contributed by atoms with van der Waals surface area (Å²) in [4.78, 5) is 10.2. The van der Waals surface area contributed by atoms with Gasteiger partial charge < -0.3 is 5.11 Å². The summed E-state index contributed by atoms with van der Waals surface area (Å²) in [5.41, 5.74) is 16.7. The molecule has 0 saturated heterocycles. The average Bonchev–Trinajstić information content (AvgIpc) is 3.58. The molecular formula is C52H49N3O. The molecule has 0 spiro atoms. The molecule has 0 aliphatic carbocycles. The van der Waals surface area contributed by atoms with Gasteiger partial charge in [-0.15, -0.1) is 0 Å². The van der Waals surface area contributed by atoms with Crippen LogP contribution in [0.15, 0.2) is 140 Å². The number of benzene rings is 6. The molecule has 0 bridgehead atoms. The van der Waals surface area contributed by atoms with Gasteiger partial charge in [0.25, 0.3) is 0 Å². The summed E-state index contributed by atoms with van der Waals surface area (Å²) in [7, 11) is 0. The zero-order valence-corrected chi connectivity index (χ0v) is 33.6. The third-order valence-corrected chi connectivity index (χ3v) is 10.7. The van der Waals surface area contributed by atoms with E-state index in [2.05, 4.69) is 148 Å². The Bertz CT molecular complexity index is 2800. The van der Waals surface area contributed by atoms with Crippen LogP contribution in [-0.2, 0) is 5.41 Å². The minimum absolute atomic E-state index is 0.0835. The van der Waals surface area contributed by atoms with E-state index in [9.17, 15) is 6.48 Å². The van der Waals surface area contributed by atoms with Crippen molar-refractivity contribution in [3.63, 3.8) is 0 Å². The maximum Gasteiger partial charge on any atom is 0.149 e. The number of phenols is 1. The molecule has 2 aromatic heterocycles. The number of rotatable bonds is 7. The Labute approximate surface area is 332 Å². The van der Waals surface area contributed by atoms with Crippen molar-refractivity contribution < 1.29 is 6.48 Å². The lowest BCUT2D eigenvalue weighted by Gasteiger charge is -2.25. The molecule has 0 radical (unpaired) electrons. The summed E-state index contributed by atoms with van der Waals surface area (Å²) in [6.07, 6.45) is 1.88. The summed E-state index contributed by atoms with van der Waals surface area (Å²) < 4.78 is 11.6. The lowest BCUT2D eigenvalue weighted by molar-refractivity contribution is 0.472. The van der Waals surface area contributed by atoms with E-state index >= 15 is 0 Å². The fourth-order valence-electron chi connectivity index (χ4n) is 8.08. The number of hydrogen-bond acceptors (Lipinski definition) is 3. The van der Waals surface area contributed by atoms with Crippen LogP contribution < -0.4 is 0 Å². The lowest BCUT2D eigenvalue weighted by Crippen LogP contribution is -2.13. The topological polar surface area (TPSA) is 50.9 Å². The van der Waals surface area contributed by atoms with Gasteiger partial charge in [-0.05, 0) is 136 Å². The number of nitrogens with zero attached hydrogens (tertiary/aromatic N) is 3. The van der Waals surface area contributed by atoms with E-state index in [-0.39, 0.29) is 11.2 Å². The molecule has 0 atom stereocenters. The molecule has 8 rings (SSSR count). The van der Waals surface area contributed by atoms with Crippen molar-refractivity contribution in [2.75, 3.05) is 0 Å². The van der Waals surface area contributed by atoms with Crippen molar-refractivity contribution in [2.45, 2.75) is 66.7 Å². The van der Waals surface area contributed by atoms with Crippen LogP contribution in [0.4, 0.5) is 0 Å². The summed E-state index contributed by atoms with van der Waals surface area (Å²) >= 11 is 0. The minimum atomic E-state index is -0.913. The zero-order chi connectivity index (χ0) is 40.2. The van der Waals surface area contributed by atoms with E-state index in [1.807, 2.05) is 52.1 Å². The smallest absolute Gasteiger partial charge is 0.149 e. The molecule has 8 aromatic rings. The number of aromatic nitrogens is 3. The minimum Gasteiger partial charge on any atom is -0.507 e. The maximum atomic E-state index is 11.7. The highest BCUT2D eigenvalue weighted by Crippen LogP contribution is 2.42. The molecular weight excluding hydrogens is 683 g/mol. The second-order valence-corrected chi connectivity index (χ2v) is 16.3. The first-order valence-corrected chi connectivity index (χ1v) is 19.4. The first kappa shape index (κ1) is 35.4. The van der Waals surface area contributed by atoms with Gasteiger partial charge in [0.1, 0.15) is 11.6 Å². The van der Waals surface area contributed by atoms with Gasteiger partial charge in [0, 0.05) is 24.4 Å². The highest BCUT2D eigenvalue weighted by atomic mass is 16.3. The van der Waals surface area contributed by atoms with Gasteiger partial charge in [0.05, 0.1) is 22.3 Å². The summed E-state index contributed by atoms with van der Waals surface area (Å²) in [6, 6.07) is 46.5. The summed E-state index contributed by atoms with van der Waals surface area (Å²) in [6.45, 7) is 16.7. The monoisotopic (exact) mass is 732 g/mol. The fraction of sp³-hybridized carbons (Fsp3) is 0.192. The van der Waals surface area contributed by atoms with Gasteiger partial charge in [-0.25, -0.2) is 4.98 Å². The molecule has 56 heavy (non-hydrogen) atoms. The summed E-state index contributed by atoms with van der Waals surface area (Å²) in [5, 5.41) is 11.7. The molecule has 4 heteroatoms. The van der Waals surface area contributed by atoms with Gasteiger partial charge in [0.15, 0.2) is 0 Å². The van der Waals surface area contributed by atoms with Crippen molar-refractivity contribution in [1.82, 2.24) is 14.5 Å². The predicted molar refractivity (Wildman–Crippen MR) is 235 cm³/mol. The Morgan fingerprint density at radius 2 is 1.34 bits per heavy atom. The number of hydrogen-bond donors (Lipinski definition) is 1. The second-order valence-electron chi connectivity index (χ2n) is 16.3. The van der Waals surface area contributed by atoms with E-state index in [0.29, 0.717) is 11.4 Å². The van der Waals surface area contributed by atoms with E-state index in [1.54, 1.807) is 0 Å². The Hall–Kier alpha value is -6.26. The third-order valence-electron chi connectivity index (χ3n) is 10.7. The van der Waals surface area contributed by atoms with Crippen LogP contribution in [0.2, 0.25) is 0 Å². The number of pyridine rings is 1. The number of fused-ring (bicyclic) bond motifs is 1. The molecule has 278 valence electrons. The Morgan fingerprint density at radius 1 is 0.625 bits per heavy atom. The third kappa shape index (κ3) is 6.81. The molecule has 2 heterocycles. The average molecular weight is 733 g/mol. The first-order valence-electron chi connectivity index (χ1n) is 19.9. The normalized spacial score (nSPS) is 12.2. The van der Waals surface area contributed by atoms with Gasteiger partial charge >= 0.3 is 0 Å². The number of aryl methyl sites for hydroxylation is 3. The lowest BCUT2D eigenvalue weighted by atomic mass is 9.80. The highest BCUT2D eigenvalue weighted by molar-refractivity contribution is 5.97. The second kappa shape index (κ2) is 14.4. The largest absolute Gasteiger partial charge is 0.507 e. The van der Waals surface area contributed by atoms with Crippen molar-refractivity contribution in [2.24, 2.45) is 0 Å². The Morgan fingerprint density at radius 3 is 2.11 bits per heavy atom. The van der Waals surface area contributed by atoms with Gasteiger partial charge in [-0.1, -0.05) is 120 Å². The van der Waals surface area contributed by atoms with Crippen LogP contribution in [0.5, 0.6) is 5.75 Å². The molecule has 0 fully saturated rings. The van der Waals surface area contributed by atoms with Crippen molar-refractivity contribution in [3.05, 3.63) is 167 Å². The molecule has 0 unspecified atom stereocenters. The number of aromatic hydroxyl groups is 1. The quantitative estimate of drug-likeness (QED) is 0.177. The number of imidazole rings is 1. The fourth-order valence-corrected chi connectivity index (χ4v) is 8.08. The van der Waals surface area contributed by atoms with E-state index in [1.165, 1.54) is 5.56 Å². The highest BCUT2D eigenvalue weighted by Gasteiger charge is 2.24. The van der Waals surface area contributed by atoms with Crippen LogP contribution in [0.1, 0.15) is 69.7 Å². The molecule has 0 saturated carbocycles. The van der Waals surface area contributed by atoms with Crippen LogP contribution >= 0.6 is 0 Å². The Balaban J connectivity index is 1.36. The molecule has 0 aliphatic rings. The van der Waals surface area contributed by atoms with Crippen LogP contribution in [0.25, 0.3) is 72.7 Å². The molecule has 0 aliphatic heterocycles. The molecule has 1 N–H and O–H groups in total. The van der Waals surface area contributed by atoms with Crippen molar-refractivity contribution in [3.8, 4) is 67.5 Å². The van der Waals surface area contributed by atoms with Crippen LogP contribution in [-0.4, -0.2) is 19.6 Å². The van der Waals surface area contributed by atoms with E-state index < -0.39 is 5.89 Å². The standard InChI is InChI=1S/C52H49N3O/c1-32(2)44-31-40(21-22-42(44)43-17-12-13-19-46(43)52(6,7)8)55-48-20-14-18-41(49(48)54-51(55)45-28-33(3)25-35(5)50(45)56)38-26-34(4)27-39(29-38)47-30-37(23-24-53-47)36-15-10-9-11-16-36/h9-32,56H,1-8H3/i32D. The van der Waals surface area contributed by atoms with Crippen molar-refractivity contribution >= 4 is 11.0 Å².